The van der Waals surface area contributed by atoms with Crippen LogP contribution in [0.3, 0.4) is 0 Å². The number of esters is 1. The smallest absolute Gasteiger partial charge is 0.338 e. The molecule has 7 heteroatoms. The van der Waals surface area contributed by atoms with Crippen LogP contribution in [-0.4, -0.2) is 24.6 Å². The van der Waals surface area contributed by atoms with Gasteiger partial charge in [0.15, 0.2) is 6.61 Å². The number of anilines is 1. The Morgan fingerprint density at radius 2 is 1.76 bits per heavy atom. The lowest BCUT2D eigenvalue weighted by Gasteiger charge is -2.21. The highest BCUT2D eigenvalue weighted by atomic mass is 35.5. The minimum atomic E-state index is -0.340. The molecule has 3 rings (SSSR count). The van der Waals surface area contributed by atoms with E-state index in [4.69, 9.17) is 32.7 Å². The molecule has 5 nitrogen and oxygen atoms in total. The first-order chi connectivity index (χ1) is 13.9. The molecule has 1 saturated carbocycles. The van der Waals surface area contributed by atoms with E-state index in [1.807, 2.05) is 0 Å². The molecule has 0 heterocycles. The maximum atomic E-state index is 12.2. The second-order valence-electron chi connectivity index (χ2n) is 7.11. The Balaban J connectivity index is 1.51. The number of halogens is 2. The van der Waals surface area contributed by atoms with Crippen LogP contribution in [0.4, 0.5) is 5.69 Å². The van der Waals surface area contributed by atoms with Crippen molar-refractivity contribution < 1.29 is 19.1 Å². The third-order valence-electron chi connectivity index (χ3n) is 4.77. The molecule has 0 bridgehead atoms. The van der Waals surface area contributed by atoms with Crippen LogP contribution < -0.4 is 10.1 Å². The van der Waals surface area contributed by atoms with Gasteiger partial charge in [0.2, 0.25) is 0 Å². The van der Waals surface area contributed by atoms with Crippen LogP contribution in [0.25, 0.3) is 0 Å². The van der Waals surface area contributed by atoms with E-state index in [-0.39, 0.29) is 24.6 Å². The molecule has 2 aromatic carbocycles. The first-order valence-electron chi connectivity index (χ1n) is 9.61. The monoisotopic (exact) mass is 435 g/mol. The predicted octanol–water partition coefficient (Wildman–Crippen LogP) is 5.81. The number of aryl methyl sites for hydroxylation is 1. The molecule has 0 aromatic heterocycles. The van der Waals surface area contributed by atoms with E-state index in [0.29, 0.717) is 27.0 Å². The highest BCUT2D eigenvalue weighted by Gasteiger charge is 2.18. The Morgan fingerprint density at radius 3 is 2.41 bits per heavy atom. The van der Waals surface area contributed by atoms with Crippen molar-refractivity contribution in [2.24, 2.45) is 0 Å². The fraction of sp³-hybridized carbons (Fsp3) is 0.364. The zero-order chi connectivity index (χ0) is 20.8. The van der Waals surface area contributed by atoms with Crippen LogP contribution in [0.15, 0.2) is 36.4 Å². The molecule has 1 aliphatic rings. The molecule has 1 fully saturated rings. The fourth-order valence-corrected chi connectivity index (χ4v) is 3.95. The van der Waals surface area contributed by atoms with Crippen molar-refractivity contribution in [2.45, 2.75) is 45.1 Å². The molecule has 0 aliphatic heterocycles. The number of rotatable bonds is 6. The van der Waals surface area contributed by atoms with Crippen LogP contribution in [0.2, 0.25) is 10.0 Å². The quantitative estimate of drug-likeness (QED) is 0.581. The predicted molar refractivity (Wildman–Crippen MR) is 114 cm³/mol. The molecule has 0 atom stereocenters. The highest BCUT2D eigenvalue weighted by molar-refractivity contribution is 6.35. The van der Waals surface area contributed by atoms with Crippen molar-refractivity contribution in [1.29, 1.82) is 0 Å². The van der Waals surface area contributed by atoms with Crippen molar-refractivity contribution in [1.82, 2.24) is 0 Å². The maximum Gasteiger partial charge on any atom is 0.338 e. The van der Waals surface area contributed by atoms with Gasteiger partial charge in [0.25, 0.3) is 5.91 Å². The van der Waals surface area contributed by atoms with Crippen LogP contribution in [0.1, 0.15) is 48.0 Å². The van der Waals surface area contributed by atoms with Crippen LogP contribution in [-0.2, 0) is 9.53 Å². The SMILES string of the molecule is Cc1cc(Cl)cc(Cl)c1OCC(=O)Nc1ccc(C(=O)OC2CCCCC2)cc1. The summed E-state index contributed by atoms with van der Waals surface area (Å²) in [4.78, 5) is 24.4. The van der Waals surface area contributed by atoms with Crippen LogP contribution >= 0.6 is 23.2 Å². The molecule has 2 aromatic rings. The summed E-state index contributed by atoms with van der Waals surface area (Å²) in [5.41, 5.74) is 1.77. The number of hydrogen-bond donors (Lipinski definition) is 1. The number of carbonyl (C=O) groups is 2. The molecule has 154 valence electrons. The van der Waals surface area contributed by atoms with E-state index in [2.05, 4.69) is 5.32 Å². The standard InChI is InChI=1S/C22H23Cl2NO4/c1-14-11-16(23)12-19(24)21(14)28-13-20(26)25-17-9-7-15(8-10-17)22(27)29-18-5-3-2-4-6-18/h7-12,18H,2-6,13H2,1H3,(H,25,26). The molecular formula is C22H23Cl2NO4. The largest absolute Gasteiger partial charge is 0.482 e. The molecule has 0 radical (unpaired) electrons. The number of benzene rings is 2. The van der Waals surface area contributed by atoms with Gasteiger partial charge in [-0.1, -0.05) is 29.6 Å². The Hall–Kier alpha value is -2.24. The topological polar surface area (TPSA) is 64.6 Å². The van der Waals surface area contributed by atoms with Crippen LogP contribution in [0, 0.1) is 6.92 Å². The van der Waals surface area contributed by atoms with E-state index in [1.165, 1.54) is 6.42 Å². The Kier molecular flexibility index (Phi) is 7.40. The van der Waals surface area contributed by atoms with Crippen molar-refractivity contribution in [3.05, 3.63) is 57.6 Å². The van der Waals surface area contributed by atoms with E-state index in [0.717, 1.165) is 31.2 Å². The fourth-order valence-electron chi connectivity index (χ4n) is 3.30. The maximum absolute atomic E-state index is 12.2. The van der Waals surface area contributed by atoms with Gasteiger partial charge >= 0.3 is 5.97 Å². The molecule has 1 amide bonds. The van der Waals surface area contributed by atoms with Gasteiger partial charge in [0.05, 0.1) is 10.6 Å². The molecule has 0 unspecified atom stereocenters. The number of ether oxygens (including phenoxy) is 2. The Bertz CT molecular complexity index is 854. The zero-order valence-corrected chi connectivity index (χ0v) is 17.7. The molecular weight excluding hydrogens is 413 g/mol. The summed E-state index contributed by atoms with van der Waals surface area (Å²) in [6.45, 7) is 1.60. The molecule has 0 saturated heterocycles. The second kappa shape index (κ2) is 9.99. The van der Waals surface area contributed by atoms with Gasteiger partial charge in [-0.2, -0.15) is 0 Å². The van der Waals surface area contributed by atoms with Crippen molar-refractivity contribution in [3.63, 3.8) is 0 Å². The van der Waals surface area contributed by atoms with Gasteiger partial charge in [-0.3, -0.25) is 4.79 Å². The van der Waals surface area contributed by atoms with Crippen molar-refractivity contribution in [3.8, 4) is 5.75 Å². The summed E-state index contributed by atoms with van der Waals surface area (Å²) < 4.78 is 11.1. The summed E-state index contributed by atoms with van der Waals surface area (Å²) >= 11 is 12.0. The van der Waals surface area contributed by atoms with E-state index in [9.17, 15) is 9.59 Å². The van der Waals surface area contributed by atoms with Crippen molar-refractivity contribution >= 4 is 40.8 Å². The van der Waals surface area contributed by atoms with Gasteiger partial charge in [-0.05, 0) is 74.6 Å². The zero-order valence-electron chi connectivity index (χ0n) is 16.2. The molecule has 1 aliphatic carbocycles. The lowest BCUT2D eigenvalue weighted by Crippen LogP contribution is -2.21. The first-order valence-corrected chi connectivity index (χ1v) is 10.4. The summed E-state index contributed by atoms with van der Waals surface area (Å²) in [7, 11) is 0. The van der Waals surface area contributed by atoms with E-state index >= 15 is 0 Å². The van der Waals surface area contributed by atoms with Gasteiger partial charge < -0.3 is 14.8 Å². The summed E-state index contributed by atoms with van der Waals surface area (Å²) in [5.74, 6) is -0.245. The summed E-state index contributed by atoms with van der Waals surface area (Å²) in [5, 5.41) is 3.58. The van der Waals surface area contributed by atoms with Gasteiger partial charge in [-0.25, -0.2) is 4.79 Å². The average molecular weight is 436 g/mol. The minimum absolute atomic E-state index is 0.0101. The third kappa shape index (κ3) is 6.12. The van der Waals surface area contributed by atoms with Crippen molar-refractivity contribution in [2.75, 3.05) is 11.9 Å². The minimum Gasteiger partial charge on any atom is -0.482 e. The van der Waals surface area contributed by atoms with Gasteiger partial charge in [0, 0.05) is 10.7 Å². The Labute approximate surface area is 180 Å². The number of hydrogen-bond acceptors (Lipinski definition) is 4. The lowest BCUT2D eigenvalue weighted by atomic mass is 9.98. The summed E-state index contributed by atoms with van der Waals surface area (Å²) in [6, 6.07) is 9.88. The first kappa shape index (κ1) is 21.5. The van der Waals surface area contributed by atoms with Crippen LogP contribution in [0.5, 0.6) is 5.75 Å². The van der Waals surface area contributed by atoms with E-state index < -0.39 is 0 Å². The number of nitrogens with one attached hydrogen (secondary N) is 1. The number of carbonyl (C=O) groups excluding carboxylic acids is 2. The average Bonchev–Trinajstić information content (AvgIpc) is 2.68. The second-order valence-corrected chi connectivity index (χ2v) is 7.96. The third-order valence-corrected chi connectivity index (χ3v) is 5.27. The Morgan fingerprint density at radius 1 is 1.07 bits per heavy atom. The molecule has 29 heavy (non-hydrogen) atoms. The molecule has 1 N–H and O–H groups in total. The normalized spacial score (nSPS) is 14.3. The lowest BCUT2D eigenvalue weighted by molar-refractivity contribution is -0.118. The van der Waals surface area contributed by atoms with E-state index in [1.54, 1.807) is 43.3 Å². The molecule has 0 spiro atoms. The van der Waals surface area contributed by atoms with Gasteiger partial charge in [-0.15, -0.1) is 0 Å². The highest BCUT2D eigenvalue weighted by Crippen LogP contribution is 2.31. The summed E-state index contributed by atoms with van der Waals surface area (Å²) in [6.07, 6.45) is 5.28. The van der Waals surface area contributed by atoms with Gasteiger partial charge in [0.1, 0.15) is 11.9 Å². The number of amides is 1.